The van der Waals surface area contributed by atoms with Crippen molar-refractivity contribution < 1.29 is 14.5 Å². The fourth-order valence-corrected chi connectivity index (χ4v) is 3.27. The summed E-state index contributed by atoms with van der Waals surface area (Å²) in [5.41, 5.74) is 1.38. The molecule has 1 aliphatic heterocycles. The number of amides is 1. The third-order valence-corrected chi connectivity index (χ3v) is 4.81. The summed E-state index contributed by atoms with van der Waals surface area (Å²) in [5, 5.41) is 14.0. The molecule has 0 unspecified atom stereocenters. The van der Waals surface area contributed by atoms with Gasteiger partial charge in [-0.3, -0.25) is 19.9 Å². The minimum atomic E-state index is -0.599. The predicted molar refractivity (Wildman–Crippen MR) is 111 cm³/mol. The molecule has 0 spiro atoms. The van der Waals surface area contributed by atoms with Crippen molar-refractivity contribution in [2.45, 2.75) is 0 Å². The molecule has 1 amide bonds. The van der Waals surface area contributed by atoms with Gasteiger partial charge < -0.3 is 10.1 Å². The van der Waals surface area contributed by atoms with E-state index >= 15 is 0 Å². The van der Waals surface area contributed by atoms with Crippen LogP contribution in [0.5, 0.6) is 11.5 Å². The zero-order valence-corrected chi connectivity index (χ0v) is 16.1. The van der Waals surface area contributed by atoms with E-state index in [1.807, 2.05) is 6.07 Å². The van der Waals surface area contributed by atoms with E-state index in [4.69, 9.17) is 27.9 Å². The van der Waals surface area contributed by atoms with Crippen LogP contribution in [0.2, 0.25) is 10.0 Å². The Hall–Kier alpha value is -3.42. The number of rotatable bonds is 3. The first-order chi connectivity index (χ1) is 13.9. The third-order valence-electron chi connectivity index (χ3n) is 4.18. The Balaban J connectivity index is 1.67. The summed E-state index contributed by atoms with van der Waals surface area (Å²) in [6, 6.07) is 14.5. The summed E-state index contributed by atoms with van der Waals surface area (Å²) in [6.07, 6.45) is 1.37. The van der Waals surface area contributed by atoms with Crippen molar-refractivity contribution in [2.75, 3.05) is 5.32 Å². The number of anilines is 1. The number of nitro benzene ring substituents is 1. The first-order valence-electron chi connectivity index (χ1n) is 8.32. The molecule has 7 nitrogen and oxygen atoms in total. The summed E-state index contributed by atoms with van der Waals surface area (Å²) >= 11 is 11.9. The van der Waals surface area contributed by atoms with Gasteiger partial charge in [0, 0.05) is 17.8 Å². The number of nitrogens with one attached hydrogen (secondary N) is 1. The van der Waals surface area contributed by atoms with Crippen LogP contribution in [0, 0.1) is 10.1 Å². The fourth-order valence-electron chi connectivity index (χ4n) is 2.77. The Morgan fingerprint density at radius 1 is 1.03 bits per heavy atom. The molecule has 0 radical (unpaired) electrons. The zero-order chi connectivity index (χ0) is 20.5. The fraction of sp³-hybridized carbons (Fsp3) is 0. The second kappa shape index (κ2) is 7.54. The van der Waals surface area contributed by atoms with Crippen LogP contribution in [0.15, 0.2) is 59.6 Å². The van der Waals surface area contributed by atoms with Crippen LogP contribution in [0.3, 0.4) is 0 Å². The molecular weight excluding hydrogens is 417 g/mol. The summed E-state index contributed by atoms with van der Waals surface area (Å²) in [6.45, 7) is 0. The molecule has 1 N–H and O–H groups in total. The molecule has 0 saturated carbocycles. The Morgan fingerprint density at radius 2 is 1.83 bits per heavy atom. The molecule has 0 bridgehead atoms. The molecule has 3 aromatic carbocycles. The number of nitro groups is 1. The van der Waals surface area contributed by atoms with Crippen LogP contribution < -0.4 is 10.1 Å². The SMILES string of the molecule is O=C1Nc2ccccc2Oc2ccc(N=Cc3cc([N+](=O)[O-])c(Cl)cc3Cl)cc21. The lowest BCUT2D eigenvalue weighted by molar-refractivity contribution is -0.384. The van der Waals surface area contributed by atoms with E-state index in [-0.39, 0.29) is 21.6 Å². The zero-order valence-electron chi connectivity index (χ0n) is 14.6. The van der Waals surface area contributed by atoms with E-state index in [1.54, 1.807) is 36.4 Å². The van der Waals surface area contributed by atoms with E-state index in [0.717, 1.165) is 0 Å². The number of carbonyl (C=O) groups excluding carboxylic acids is 1. The quantitative estimate of drug-likeness (QED) is 0.314. The molecule has 0 aliphatic carbocycles. The highest BCUT2D eigenvalue weighted by Gasteiger charge is 2.21. The molecule has 29 heavy (non-hydrogen) atoms. The molecule has 1 aliphatic rings. The maximum absolute atomic E-state index is 12.6. The lowest BCUT2D eigenvalue weighted by Gasteiger charge is -2.07. The summed E-state index contributed by atoms with van der Waals surface area (Å²) < 4.78 is 5.82. The lowest BCUT2D eigenvalue weighted by Crippen LogP contribution is -2.10. The van der Waals surface area contributed by atoms with Gasteiger partial charge >= 0.3 is 0 Å². The molecule has 1 heterocycles. The molecule has 4 rings (SSSR count). The second-order valence-corrected chi connectivity index (χ2v) is 6.89. The van der Waals surface area contributed by atoms with Gasteiger partial charge in [0.25, 0.3) is 11.6 Å². The molecule has 0 fully saturated rings. The van der Waals surface area contributed by atoms with Crippen LogP contribution in [0.25, 0.3) is 0 Å². The van der Waals surface area contributed by atoms with Crippen molar-refractivity contribution in [3.05, 3.63) is 85.9 Å². The van der Waals surface area contributed by atoms with Gasteiger partial charge in [0.2, 0.25) is 0 Å². The number of nitrogens with zero attached hydrogens (tertiary/aromatic N) is 2. The minimum Gasteiger partial charge on any atom is -0.454 e. The second-order valence-electron chi connectivity index (χ2n) is 6.07. The average molecular weight is 428 g/mol. The standard InChI is InChI=1S/C20H11Cl2N3O4/c21-14-9-15(22)17(25(27)28)7-11(14)10-23-12-5-6-18-13(8-12)20(26)24-16-3-1-2-4-19(16)29-18/h1-10H,(H,24,26). The highest BCUT2D eigenvalue weighted by atomic mass is 35.5. The first kappa shape index (κ1) is 18.9. The van der Waals surface area contributed by atoms with Crippen molar-refractivity contribution >= 4 is 52.4 Å². The Kier molecular flexibility index (Phi) is 4.92. The number of halogens is 2. The Labute approximate surface area is 174 Å². The van der Waals surface area contributed by atoms with Crippen molar-refractivity contribution in [3.8, 4) is 11.5 Å². The van der Waals surface area contributed by atoms with Crippen molar-refractivity contribution in [3.63, 3.8) is 0 Å². The van der Waals surface area contributed by atoms with E-state index in [0.29, 0.717) is 34.0 Å². The van der Waals surface area contributed by atoms with Crippen LogP contribution in [-0.2, 0) is 0 Å². The Morgan fingerprint density at radius 3 is 2.62 bits per heavy atom. The van der Waals surface area contributed by atoms with Gasteiger partial charge in [0.05, 0.1) is 26.9 Å². The number of aliphatic imine (C=N–C) groups is 1. The van der Waals surface area contributed by atoms with Crippen LogP contribution in [-0.4, -0.2) is 17.0 Å². The third kappa shape index (κ3) is 3.78. The smallest absolute Gasteiger partial charge is 0.288 e. The topological polar surface area (TPSA) is 93.8 Å². The minimum absolute atomic E-state index is 0.0597. The number of ether oxygens (including phenoxy) is 1. The number of fused-ring (bicyclic) bond motifs is 2. The number of para-hydroxylation sites is 2. The predicted octanol–water partition coefficient (Wildman–Crippen LogP) is 6.01. The van der Waals surface area contributed by atoms with Crippen molar-refractivity contribution in [1.29, 1.82) is 0 Å². The van der Waals surface area contributed by atoms with Gasteiger partial charge in [-0.1, -0.05) is 35.3 Å². The largest absolute Gasteiger partial charge is 0.454 e. The molecule has 0 saturated heterocycles. The molecule has 0 atom stereocenters. The van der Waals surface area contributed by atoms with Crippen molar-refractivity contribution in [1.82, 2.24) is 0 Å². The van der Waals surface area contributed by atoms with E-state index in [9.17, 15) is 14.9 Å². The number of benzene rings is 3. The van der Waals surface area contributed by atoms with Gasteiger partial charge in [0.15, 0.2) is 5.75 Å². The summed E-state index contributed by atoms with van der Waals surface area (Å²) in [5.74, 6) is 0.602. The van der Waals surface area contributed by atoms with E-state index < -0.39 is 4.92 Å². The first-order valence-corrected chi connectivity index (χ1v) is 9.08. The molecular formula is C20H11Cl2N3O4. The van der Waals surface area contributed by atoms with Crippen LogP contribution >= 0.6 is 23.2 Å². The average Bonchev–Trinajstić information content (AvgIpc) is 2.82. The molecule has 9 heteroatoms. The summed E-state index contributed by atoms with van der Waals surface area (Å²) in [7, 11) is 0. The Bertz CT molecular complexity index is 1190. The maximum atomic E-state index is 12.6. The number of carbonyl (C=O) groups is 1. The lowest BCUT2D eigenvalue weighted by atomic mass is 10.1. The normalized spacial score (nSPS) is 12.6. The highest BCUT2D eigenvalue weighted by molar-refractivity contribution is 6.37. The van der Waals surface area contributed by atoms with Crippen LogP contribution in [0.4, 0.5) is 17.1 Å². The van der Waals surface area contributed by atoms with E-state index in [1.165, 1.54) is 18.3 Å². The van der Waals surface area contributed by atoms with Crippen molar-refractivity contribution in [2.24, 2.45) is 4.99 Å². The van der Waals surface area contributed by atoms with Gasteiger partial charge in [0.1, 0.15) is 10.8 Å². The highest BCUT2D eigenvalue weighted by Crippen LogP contribution is 2.37. The summed E-state index contributed by atoms with van der Waals surface area (Å²) in [4.78, 5) is 27.3. The molecule has 144 valence electrons. The maximum Gasteiger partial charge on any atom is 0.288 e. The molecule has 3 aromatic rings. The van der Waals surface area contributed by atoms with Crippen LogP contribution in [0.1, 0.15) is 15.9 Å². The number of hydrogen-bond donors (Lipinski definition) is 1. The van der Waals surface area contributed by atoms with Gasteiger partial charge in [-0.05, 0) is 36.4 Å². The van der Waals surface area contributed by atoms with Gasteiger partial charge in [-0.15, -0.1) is 0 Å². The van der Waals surface area contributed by atoms with E-state index in [2.05, 4.69) is 10.3 Å². The van der Waals surface area contributed by atoms with Gasteiger partial charge in [-0.2, -0.15) is 0 Å². The monoisotopic (exact) mass is 427 g/mol. The molecule has 0 aromatic heterocycles. The number of hydrogen-bond acceptors (Lipinski definition) is 5. The van der Waals surface area contributed by atoms with Gasteiger partial charge in [-0.25, -0.2) is 0 Å².